The number of nitrogens with zero attached hydrogens (tertiary/aromatic N) is 2. The molecule has 0 aliphatic carbocycles. The first-order chi connectivity index (χ1) is 18.1. The van der Waals surface area contributed by atoms with Gasteiger partial charge in [-0.05, 0) is 31.4 Å². The third kappa shape index (κ3) is 9.56. The van der Waals surface area contributed by atoms with Crippen LogP contribution in [0.3, 0.4) is 0 Å². The Labute approximate surface area is 222 Å². The maximum atomic E-state index is 11.4. The monoisotopic (exact) mass is 512 g/mol. The lowest BCUT2D eigenvalue weighted by molar-refractivity contribution is -0.143. The van der Waals surface area contributed by atoms with Gasteiger partial charge >= 0.3 is 5.97 Å². The summed E-state index contributed by atoms with van der Waals surface area (Å²) in [6.07, 6.45) is 5.52. The van der Waals surface area contributed by atoms with Crippen molar-refractivity contribution >= 4 is 5.97 Å². The fourth-order valence-electron chi connectivity index (χ4n) is 4.72. The van der Waals surface area contributed by atoms with Gasteiger partial charge in [0.1, 0.15) is 0 Å². The molecular weight excluding hydrogens is 468 g/mol. The van der Waals surface area contributed by atoms with Crippen LogP contribution in [0, 0.1) is 0 Å². The highest BCUT2D eigenvalue weighted by atomic mass is 16.5. The van der Waals surface area contributed by atoms with Crippen molar-refractivity contribution in [3.8, 4) is 17.2 Å². The van der Waals surface area contributed by atoms with Crippen LogP contribution in [0.4, 0.5) is 0 Å². The Morgan fingerprint density at radius 2 is 1.46 bits per heavy atom. The molecule has 0 atom stereocenters. The highest BCUT2D eigenvalue weighted by Crippen LogP contribution is 2.40. The topological polar surface area (TPSA) is 60.5 Å². The molecule has 0 aromatic heterocycles. The summed E-state index contributed by atoms with van der Waals surface area (Å²) in [6.45, 7) is 8.89. The summed E-state index contributed by atoms with van der Waals surface area (Å²) in [5, 5.41) is 0. The van der Waals surface area contributed by atoms with Gasteiger partial charge in [-0.15, -0.1) is 0 Å². The molecule has 0 saturated carbocycles. The molecule has 1 aliphatic heterocycles. The average Bonchev–Trinajstić information content (AvgIpc) is 2.92. The van der Waals surface area contributed by atoms with E-state index in [0.29, 0.717) is 31.1 Å². The van der Waals surface area contributed by atoms with Gasteiger partial charge in [0.15, 0.2) is 11.5 Å². The van der Waals surface area contributed by atoms with Gasteiger partial charge in [-0.1, -0.05) is 55.7 Å². The molecule has 3 rings (SSSR count). The van der Waals surface area contributed by atoms with Crippen molar-refractivity contribution < 1.29 is 23.7 Å². The molecule has 2 aromatic rings. The normalized spacial score (nSPS) is 14.4. The lowest BCUT2D eigenvalue weighted by Crippen LogP contribution is -2.45. The van der Waals surface area contributed by atoms with Crippen LogP contribution >= 0.6 is 0 Å². The smallest absolute Gasteiger partial charge is 0.305 e. The van der Waals surface area contributed by atoms with E-state index in [-0.39, 0.29) is 5.97 Å². The van der Waals surface area contributed by atoms with E-state index in [1.807, 2.05) is 13.0 Å². The van der Waals surface area contributed by atoms with Gasteiger partial charge in [-0.25, -0.2) is 0 Å². The van der Waals surface area contributed by atoms with Crippen molar-refractivity contribution in [1.82, 2.24) is 9.80 Å². The SMILES string of the molecule is CCOC(=O)CCCCCCCOc1c(CN2CCN(Cc3ccccc3)CC2)ccc(OC)c1OC. The van der Waals surface area contributed by atoms with Crippen LogP contribution in [0.2, 0.25) is 0 Å². The Morgan fingerprint density at radius 1 is 0.784 bits per heavy atom. The first kappa shape index (κ1) is 28.8. The Kier molecular flexibility index (Phi) is 12.6. The zero-order valence-corrected chi connectivity index (χ0v) is 22.9. The lowest BCUT2D eigenvalue weighted by Gasteiger charge is -2.35. The second-order valence-electron chi connectivity index (χ2n) is 9.50. The minimum absolute atomic E-state index is 0.0962. The van der Waals surface area contributed by atoms with E-state index in [9.17, 15) is 4.79 Å². The number of esters is 1. The Hall–Kier alpha value is -2.77. The average molecular weight is 513 g/mol. The summed E-state index contributed by atoms with van der Waals surface area (Å²) in [5.41, 5.74) is 2.49. The third-order valence-corrected chi connectivity index (χ3v) is 6.77. The first-order valence-corrected chi connectivity index (χ1v) is 13.7. The van der Waals surface area contributed by atoms with E-state index in [0.717, 1.165) is 82.7 Å². The fourth-order valence-corrected chi connectivity index (χ4v) is 4.72. The van der Waals surface area contributed by atoms with Gasteiger partial charge in [0, 0.05) is 51.3 Å². The van der Waals surface area contributed by atoms with Crippen molar-refractivity contribution in [1.29, 1.82) is 0 Å². The Morgan fingerprint density at radius 3 is 2.14 bits per heavy atom. The summed E-state index contributed by atoms with van der Waals surface area (Å²) in [5.74, 6) is 2.04. The highest BCUT2D eigenvalue weighted by molar-refractivity contribution is 5.69. The quantitative estimate of drug-likeness (QED) is 0.223. The second kappa shape index (κ2) is 16.2. The van der Waals surface area contributed by atoms with E-state index in [2.05, 4.69) is 46.2 Å². The molecule has 204 valence electrons. The highest BCUT2D eigenvalue weighted by Gasteiger charge is 2.22. The molecule has 0 unspecified atom stereocenters. The summed E-state index contributed by atoms with van der Waals surface area (Å²) in [6, 6.07) is 14.7. The van der Waals surface area contributed by atoms with Crippen molar-refractivity contribution in [2.45, 2.75) is 58.5 Å². The second-order valence-corrected chi connectivity index (χ2v) is 9.50. The number of hydrogen-bond donors (Lipinski definition) is 0. The van der Waals surface area contributed by atoms with E-state index in [4.69, 9.17) is 18.9 Å². The number of carbonyl (C=O) groups is 1. The number of methoxy groups -OCH3 is 2. The summed E-state index contributed by atoms with van der Waals surface area (Å²) in [4.78, 5) is 16.4. The fraction of sp³-hybridized carbons (Fsp3) is 0.567. The van der Waals surface area contributed by atoms with E-state index < -0.39 is 0 Å². The van der Waals surface area contributed by atoms with Gasteiger partial charge < -0.3 is 18.9 Å². The van der Waals surface area contributed by atoms with Crippen LogP contribution in [0.5, 0.6) is 17.2 Å². The van der Waals surface area contributed by atoms with Crippen molar-refractivity contribution in [3.63, 3.8) is 0 Å². The molecule has 1 fully saturated rings. The maximum absolute atomic E-state index is 11.4. The number of carbonyl (C=O) groups excluding carboxylic acids is 1. The van der Waals surface area contributed by atoms with Gasteiger partial charge in [0.05, 0.1) is 27.4 Å². The molecular formula is C30H44N2O5. The third-order valence-electron chi connectivity index (χ3n) is 6.77. The lowest BCUT2D eigenvalue weighted by atomic mass is 10.1. The van der Waals surface area contributed by atoms with Crippen LogP contribution in [-0.4, -0.2) is 69.4 Å². The molecule has 0 spiro atoms. The van der Waals surface area contributed by atoms with Crippen molar-refractivity contribution in [2.24, 2.45) is 0 Å². The number of ether oxygens (including phenoxy) is 4. The van der Waals surface area contributed by atoms with Gasteiger partial charge in [-0.3, -0.25) is 14.6 Å². The molecule has 0 radical (unpaired) electrons. The molecule has 0 N–H and O–H groups in total. The number of unbranched alkanes of at least 4 members (excludes halogenated alkanes) is 4. The Bertz CT molecular complexity index is 929. The molecule has 2 aromatic carbocycles. The first-order valence-electron chi connectivity index (χ1n) is 13.7. The van der Waals surface area contributed by atoms with Crippen molar-refractivity contribution in [2.75, 3.05) is 53.6 Å². The van der Waals surface area contributed by atoms with E-state index in [1.54, 1.807) is 14.2 Å². The summed E-state index contributed by atoms with van der Waals surface area (Å²) in [7, 11) is 3.32. The number of rotatable bonds is 16. The van der Waals surface area contributed by atoms with Gasteiger partial charge in [-0.2, -0.15) is 0 Å². The molecule has 0 bridgehead atoms. The standard InChI is InChI=1S/C30H44N2O5/c1-4-36-28(33)15-11-6-5-7-12-22-37-29-26(16-17-27(34-2)30(29)35-3)24-32-20-18-31(19-21-32)23-25-13-9-8-10-14-25/h8-10,13-14,16-17H,4-7,11-12,15,18-24H2,1-3H3. The van der Waals surface area contributed by atoms with Crippen LogP contribution in [0.1, 0.15) is 56.6 Å². The van der Waals surface area contributed by atoms with E-state index >= 15 is 0 Å². The van der Waals surface area contributed by atoms with Crippen LogP contribution in [0.25, 0.3) is 0 Å². The van der Waals surface area contributed by atoms with Crippen LogP contribution in [0.15, 0.2) is 42.5 Å². The zero-order chi connectivity index (χ0) is 26.3. The largest absolute Gasteiger partial charge is 0.493 e. The number of piperazine rings is 1. The summed E-state index contributed by atoms with van der Waals surface area (Å²) < 4.78 is 22.5. The molecule has 1 aliphatic rings. The molecule has 1 heterocycles. The number of benzene rings is 2. The van der Waals surface area contributed by atoms with Crippen LogP contribution < -0.4 is 14.2 Å². The van der Waals surface area contributed by atoms with Gasteiger partial charge in [0.2, 0.25) is 5.75 Å². The summed E-state index contributed by atoms with van der Waals surface area (Å²) >= 11 is 0. The molecule has 7 nitrogen and oxygen atoms in total. The molecule has 1 saturated heterocycles. The molecule has 37 heavy (non-hydrogen) atoms. The van der Waals surface area contributed by atoms with E-state index in [1.165, 1.54) is 5.56 Å². The Balaban J connectivity index is 1.48. The van der Waals surface area contributed by atoms with Crippen LogP contribution in [-0.2, 0) is 22.6 Å². The number of hydrogen-bond acceptors (Lipinski definition) is 7. The minimum Gasteiger partial charge on any atom is -0.493 e. The molecule has 7 heteroatoms. The van der Waals surface area contributed by atoms with Crippen molar-refractivity contribution in [3.05, 3.63) is 53.6 Å². The predicted molar refractivity (Wildman–Crippen MR) is 146 cm³/mol. The van der Waals surface area contributed by atoms with Gasteiger partial charge in [0.25, 0.3) is 0 Å². The minimum atomic E-state index is -0.0962. The maximum Gasteiger partial charge on any atom is 0.305 e. The molecule has 0 amide bonds. The predicted octanol–water partition coefficient (Wildman–Crippen LogP) is 5.30. The zero-order valence-electron chi connectivity index (χ0n) is 22.9.